The smallest absolute Gasteiger partial charge is 0.0986 e. The van der Waals surface area contributed by atoms with Crippen LogP contribution < -0.4 is 5.73 Å². The van der Waals surface area contributed by atoms with E-state index in [1.165, 1.54) is 29.1 Å². The van der Waals surface area contributed by atoms with Crippen molar-refractivity contribution in [2.45, 2.75) is 38.0 Å². The summed E-state index contributed by atoms with van der Waals surface area (Å²) in [4.78, 5) is 5.83. The van der Waals surface area contributed by atoms with E-state index in [4.69, 9.17) is 5.73 Å². The quantitative estimate of drug-likeness (QED) is 0.804. The highest BCUT2D eigenvalue weighted by molar-refractivity contribution is 7.11. The van der Waals surface area contributed by atoms with Crippen LogP contribution >= 0.6 is 11.3 Å². The van der Waals surface area contributed by atoms with E-state index in [0.29, 0.717) is 5.41 Å². The SMILES string of the molecule is CC1(c2ncc(CCN)s2)CCC1. The summed E-state index contributed by atoms with van der Waals surface area (Å²) in [7, 11) is 0. The lowest BCUT2D eigenvalue weighted by Gasteiger charge is -2.36. The summed E-state index contributed by atoms with van der Waals surface area (Å²) in [5.41, 5.74) is 5.90. The predicted molar refractivity (Wildman–Crippen MR) is 56.1 cm³/mol. The molecule has 2 nitrogen and oxygen atoms in total. The van der Waals surface area contributed by atoms with Gasteiger partial charge in [0.25, 0.3) is 0 Å². The molecular formula is C10H16N2S. The molecule has 0 unspecified atom stereocenters. The normalized spacial score (nSPS) is 19.8. The monoisotopic (exact) mass is 196 g/mol. The molecule has 2 N–H and O–H groups in total. The topological polar surface area (TPSA) is 38.9 Å². The van der Waals surface area contributed by atoms with Gasteiger partial charge in [0.2, 0.25) is 0 Å². The Hall–Kier alpha value is -0.410. The average molecular weight is 196 g/mol. The lowest BCUT2D eigenvalue weighted by atomic mass is 9.71. The highest BCUT2D eigenvalue weighted by Crippen LogP contribution is 2.44. The van der Waals surface area contributed by atoms with E-state index in [0.717, 1.165) is 13.0 Å². The first kappa shape index (κ1) is 9.16. The Morgan fingerprint density at radius 1 is 1.62 bits per heavy atom. The molecule has 0 radical (unpaired) electrons. The van der Waals surface area contributed by atoms with Gasteiger partial charge in [-0.1, -0.05) is 13.3 Å². The van der Waals surface area contributed by atoms with Crippen molar-refractivity contribution < 1.29 is 0 Å². The van der Waals surface area contributed by atoms with Crippen molar-refractivity contribution in [3.8, 4) is 0 Å². The first-order valence-electron chi connectivity index (χ1n) is 4.90. The Labute approximate surface area is 83.2 Å². The first-order chi connectivity index (χ1) is 6.24. The fourth-order valence-electron chi connectivity index (χ4n) is 1.77. The van der Waals surface area contributed by atoms with Gasteiger partial charge in [0.05, 0.1) is 5.01 Å². The van der Waals surface area contributed by atoms with E-state index in [1.54, 1.807) is 0 Å². The number of thiazole rings is 1. The number of rotatable bonds is 3. The maximum absolute atomic E-state index is 5.50. The van der Waals surface area contributed by atoms with Gasteiger partial charge in [-0.15, -0.1) is 11.3 Å². The van der Waals surface area contributed by atoms with Crippen molar-refractivity contribution in [2.24, 2.45) is 5.73 Å². The highest BCUT2D eigenvalue weighted by Gasteiger charge is 2.36. The summed E-state index contributed by atoms with van der Waals surface area (Å²) >= 11 is 1.85. The molecule has 1 fully saturated rings. The van der Waals surface area contributed by atoms with Gasteiger partial charge in [0.15, 0.2) is 0 Å². The summed E-state index contributed by atoms with van der Waals surface area (Å²) in [5, 5.41) is 1.32. The van der Waals surface area contributed by atoms with Crippen molar-refractivity contribution in [1.29, 1.82) is 0 Å². The summed E-state index contributed by atoms with van der Waals surface area (Å²) < 4.78 is 0. The van der Waals surface area contributed by atoms with Gasteiger partial charge < -0.3 is 5.73 Å². The van der Waals surface area contributed by atoms with Crippen LogP contribution in [0.3, 0.4) is 0 Å². The Balaban J connectivity index is 2.12. The van der Waals surface area contributed by atoms with E-state index >= 15 is 0 Å². The molecule has 1 aliphatic rings. The van der Waals surface area contributed by atoms with Crippen molar-refractivity contribution in [1.82, 2.24) is 4.98 Å². The van der Waals surface area contributed by atoms with Gasteiger partial charge in [-0.3, -0.25) is 0 Å². The molecule has 1 aromatic heterocycles. The lowest BCUT2D eigenvalue weighted by Crippen LogP contribution is -2.29. The molecule has 0 atom stereocenters. The number of aromatic nitrogens is 1. The maximum atomic E-state index is 5.50. The maximum Gasteiger partial charge on any atom is 0.0986 e. The second-order valence-electron chi connectivity index (χ2n) is 4.08. The summed E-state index contributed by atoms with van der Waals surface area (Å²) in [6.45, 7) is 3.06. The molecule has 72 valence electrons. The number of hydrogen-bond donors (Lipinski definition) is 1. The van der Waals surface area contributed by atoms with E-state index in [9.17, 15) is 0 Å². The Morgan fingerprint density at radius 2 is 2.38 bits per heavy atom. The van der Waals surface area contributed by atoms with Crippen LogP contribution in [0.2, 0.25) is 0 Å². The number of nitrogens with zero attached hydrogens (tertiary/aromatic N) is 1. The molecule has 1 aliphatic carbocycles. The minimum absolute atomic E-state index is 0.400. The highest BCUT2D eigenvalue weighted by atomic mass is 32.1. The van der Waals surface area contributed by atoms with Gasteiger partial charge in [0, 0.05) is 16.5 Å². The van der Waals surface area contributed by atoms with Crippen molar-refractivity contribution in [3.05, 3.63) is 16.1 Å². The van der Waals surface area contributed by atoms with Crippen molar-refractivity contribution >= 4 is 11.3 Å². The molecule has 2 rings (SSSR count). The zero-order valence-corrected chi connectivity index (χ0v) is 8.86. The van der Waals surface area contributed by atoms with E-state index in [2.05, 4.69) is 11.9 Å². The number of nitrogens with two attached hydrogens (primary N) is 1. The van der Waals surface area contributed by atoms with Crippen molar-refractivity contribution in [2.75, 3.05) is 6.54 Å². The molecule has 0 amide bonds. The predicted octanol–water partition coefficient (Wildman–Crippen LogP) is 2.09. The van der Waals surface area contributed by atoms with Gasteiger partial charge in [-0.25, -0.2) is 4.98 Å². The second kappa shape index (κ2) is 3.39. The van der Waals surface area contributed by atoms with Crippen LogP contribution in [0.1, 0.15) is 36.1 Å². The van der Waals surface area contributed by atoms with Crippen LogP contribution in [-0.4, -0.2) is 11.5 Å². The van der Waals surface area contributed by atoms with Crippen molar-refractivity contribution in [3.63, 3.8) is 0 Å². The van der Waals surface area contributed by atoms with Crippen LogP contribution in [0.5, 0.6) is 0 Å². The summed E-state index contributed by atoms with van der Waals surface area (Å²) in [6, 6.07) is 0. The molecule has 13 heavy (non-hydrogen) atoms. The minimum Gasteiger partial charge on any atom is -0.330 e. The summed E-state index contributed by atoms with van der Waals surface area (Å²) in [5.74, 6) is 0. The molecule has 0 saturated heterocycles. The Bertz CT molecular complexity index is 289. The standard InChI is InChI=1S/C10H16N2S/c1-10(4-2-5-10)9-12-7-8(13-9)3-6-11/h7H,2-6,11H2,1H3. The van der Waals surface area contributed by atoms with Crippen LogP contribution in [0.25, 0.3) is 0 Å². The van der Waals surface area contributed by atoms with Gasteiger partial charge >= 0.3 is 0 Å². The van der Waals surface area contributed by atoms with E-state index < -0.39 is 0 Å². The Morgan fingerprint density at radius 3 is 2.92 bits per heavy atom. The van der Waals surface area contributed by atoms with Gasteiger partial charge in [-0.05, 0) is 25.8 Å². The van der Waals surface area contributed by atoms with Crippen LogP contribution in [0, 0.1) is 0 Å². The average Bonchev–Trinajstić information content (AvgIpc) is 2.50. The molecule has 0 aliphatic heterocycles. The van der Waals surface area contributed by atoms with Gasteiger partial charge in [-0.2, -0.15) is 0 Å². The lowest BCUT2D eigenvalue weighted by molar-refractivity contribution is 0.271. The molecule has 1 saturated carbocycles. The third-order valence-corrected chi connectivity index (χ3v) is 4.28. The van der Waals surface area contributed by atoms with E-state index in [-0.39, 0.29) is 0 Å². The minimum atomic E-state index is 0.400. The van der Waals surface area contributed by atoms with E-state index in [1.807, 2.05) is 17.5 Å². The third-order valence-electron chi connectivity index (χ3n) is 2.92. The fraction of sp³-hybridized carbons (Fsp3) is 0.700. The van der Waals surface area contributed by atoms with Gasteiger partial charge in [0.1, 0.15) is 0 Å². The van der Waals surface area contributed by atoms with Crippen LogP contribution in [0.4, 0.5) is 0 Å². The zero-order valence-electron chi connectivity index (χ0n) is 8.05. The summed E-state index contributed by atoms with van der Waals surface area (Å²) in [6.07, 6.45) is 6.96. The molecule has 3 heteroatoms. The molecule has 1 aromatic rings. The molecule has 0 spiro atoms. The van der Waals surface area contributed by atoms with Crippen LogP contribution in [0.15, 0.2) is 6.20 Å². The fourth-order valence-corrected chi connectivity index (χ4v) is 2.89. The second-order valence-corrected chi connectivity index (χ2v) is 5.20. The Kier molecular flexibility index (Phi) is 2.39. The largest absolute Gasteiger partial charge is 0.330 e. The molecular weight excluding hydrogens is 180 g/mol. The van der Waals surface area contributed by atoms with Crippen LogP contribution in [-0.2, 0) is 11.8 Å². The molecule has 0 aromatic carbocycles. The first-order valence-corrected chi connectivity index (χ1v) is 5.71. The molecule has 1 heterocycles. The molecule has 0 bridgehead atoms. The number of hydrogen-bond acceptors (Lipinski definition) is 3. The third kappa shape index (κ3) is 1.63. The zero-order chi connectivity index (χ0) is 9.31.